The zero-order valence-corrected chi connectivity index (χ0v) is 13.9. The van der Waals surface area contributed by atoms with Crippen molar-refractivity contribution in [3.05, 3.63) is 72.0 Å². The fourth-order valence-electron chi connectivity index (χ4n) is 2.98. The molecule has 3 aromatic rings. The molecular weight excluding hydrogens is 332 g/mol. The number of benzene rings is 1. The van der Waals surface area contributed by atoms with Crippen molar-refractivity contribution in [2.24, 2.45) is 0 Å². The van der Waals surface area contributed by atoms with Gasteiger partial charge in [0.2, 0.25) is 5.95 Å². The molecule has 1 atom stereocenters. The number of pyridine rings is 1. The van der Waals surface area contributed by atoms with Crippen LogP contribution in [0.15, 0.2) is 66.4 Å². The van der Waals surface area contributed by atoms with E-state index in [0.717, 1.165) is 5.56 Å². The van der Waals surface area contributed by atoms with Gasteiger partial charge in [-0.05, 0) is 36.8 Å². The van der Waals surface area contributed by atoms with Crippen LogP contribution in [0.3, 0.4) is 0 Å². The first-order chi connectivity index (χ1) is 12.6. The SMILES string of the molecule is CC1=C(C(=O)Nc2cccnc2)[C@@H](c2ccc(O)cc2)n2ncnc2N1. The van der Waals surface area contributed by atoms with Gasteiger partial charge in [-0.3, -0.25) is 9.78 Å². The number of nitrogens with zero attached hydrogens (tertiary/aromatic N) is 4. The van der Waals surface area contributed by atoms with Crippen molar-refractivity contribution in [3.8, 4) is 5.75 Å². The zero-order valence-electron chi connectivity index (χ0n) is 13.9. The van der Waals surface area contributed by atoms with Crippen molar-refractivity contribution in [1.82, 2.24) is 19.7 Å². The number of nitrogens with one attached hydrogen (secondary N) is 2. The van der Waals surface area contributed by atoms with Gasteiger partial charge in [-0.2, -0.15) is 10.1 Å². The number of hydrogen-bond acceptors (Lipinski definition) is 6. The minimum absolute atomic E-state index is 0.156. The Kier molecular flexibility index (Phi) is 3.85. The third-order valence-electron chi connectivity index (χ3n) is 4.17. The fraction of sp³-hybridized carbons (Fsp3) is 0.111. The number of fused-ring (bicyclic) bond motifs is 1. The van der Waals surface area contributed by atoms with Crippen LogP contribution in [-0.2, 0) is 4.79 Å². The first kappa shape index (κ1) is 15.8. The molecule has 0 unspecified atom stereocenters. The molecule has 4 rings (SSSR count). The summed E-state index contributed by atoms with van der Waals surface area (Å²) < 4.78 is 1.65. The Morgan fingerprint density at radius 1 is 1.27 bits per heavy atom. The van der Waals surface area contributed by atoms with Crippen LogP contribution in [0.25, 0.3) is 0 Å². The molecule has 0 fully saturated rings. The van der Waals surface area contributed by atoms with E-state index in [9.17, 15) is 9.90 Å². The Hall–Kier alpha value is -3.68. The lowest BCUT2D eigenvalue weighted by Gasteiger charge is -2.28. The van der Waals surface area contributed by atoms with E-state index in [1.54, 1.807) is 53.5 Å². The lowest BCUT2D eigenvalue weighted by Crippen LogP contribution is -2.31. The van der Waals surface area contributed by atoms with E-state index in [2.05, 4.69) is 25.7 Å². The number of phenolic OH excluding ortho intramolecular Hbond substituents is 1. The van der Waals surface area contributed by atoms with E-state index < -0.39 is 6.04 Å². The molecule has 1 amide bonds. The lowest BCUT2D eigenvalue weighted by atomic mass is 9.95. The first-order valence-electron chi connectivity index (χ1n) is 8.01. The molecule has 8 heteroatoms. The number of carbonyl (C=O) groups is 1. The number of hydrogen-bond donors (Lipinski definition) is 3. The number of amides is 1. The van der Waals surface area contributed by atoms with Crippen molar-refractivity contribution in [3.63, 3.8) is 0 Å². The van der Waals surface area contributed by atoms with Crippen LogP contribution in [0.5, 0.6) is 5.75 Å². The van der Waals surface area contributed by atoms with Crippen molar-refractivity contribution in [2.75, 3.05) is 10.6 Å². The van der Waals surface area contributed by atoms with E-state index in [4.69, 9.17) is 0 Å². The van der Waals surface area contributed by atoms with Crippen LogP contribution in [0.2, 0.25) is 0 Å². The first-order valence-corrected chi connectivity index (χ1v) is 8.01. The summed E-state index contributed by atoms with van der Waals surface area (Å²) >= 11 is 0. The minimum atomic E-state index is -0.467. The molecule has 1 aromatic carbocycles. The zero-order chi connectivity index (χ0) is 18.1. The second-order valence-corrected chi connectivity index (χ2v) is 5.88. The van der Waals surface area contributed by atoms with Gasteiger partial charge in [0.25, 0.3) is 5.91 Å². The highest BCUT2D eigenvalue weighted by molar-refractivity contribution is 6.05. The van der Waals surface area contributed by atoms with Crippen LogP contribution in [0.1, 0.15) is 18.5 Å². The van der Waals surface area contributed by atoms with Gasteiger partial charge in [0, 0.05) is 11.9 Å². The molecule has 3 N–H and O–H groups in total. The summed E-state index contributed by atoms with van der Waals surface area (Å²) in [6, 6.07) is 9.75. The quantitative estimate of drug-likeness (QED) is 0.671. The molecule has 0 saturated heterocycles. The third kappa shape index (κ3) is 2.77. The van der Waals surface area contributed by atoms with Gasteiger partial charge in [-0.15, -0.1) is 0 Å². The normalized spacial score (nSPS) is 16.0. The monoisotopic (exact) mass is 348 g/mol. The van der Waals surface area contributed by atoms with Crippen molar-refractivity contribution >= 4 is 17.5 Å². The molecule has 8 nitrogen and oxygen atoms in total. The predicted molar refractivity (Wildman–Crippen MR) is 95.5 cm³/mol. The Morgan fingerprint density at radius 3 is 2.81 bits per heavy atom. The molecular formula is C18H16N6O2. The molecule has 0 bridgehead atoms. The summed E-state index contributed by atoms with van der Waals surface area (Å²) in [7, 11) is 0. The second kappa shape index (κ2) is 6.32. The highest BCUT2D eigenvalue weighted by Crippen LogP contribution is 2.35. The van der Waals surface area contributed by atoms with E-state index in [1.165, 1.54) is 6.33 Å². The molecule has 3 heterocycles. The maximum Gasteiger partial charge on any atom is 0.255 e. The largest absolute Gasteiger partial charge is 0.508 e. The summed E-state index contributed by atoms with van der Waals surface area (Å²) in [5.41, 5.74) is 2.61. The van der Waals surface area contributed by atoms with Crippen LogP contribution in [-0.4, -0.2) is 30.8 Å². The van der Waals surface area contributed by atoms with Crippen LogP contribution >= 0.6 is 0 Å². The van der Waals surface area contributed by atoms with Gasteiger partial charge < -0.3 is 15.7 Å². The maximum absolute atomic E-state index is 13.0. The third-order valence-corrected chi connectivity index (χ3v) is 4.17. The smallest absolute Gasteiger partial charge is 0.255 e. The Labute approximate surface area is 149 Å². The molecule has 1 aliphatic rings. The summed E-state index contributed by atoms with van der Waals surface area (Å²) in [5.74, 6) is 0.448. The van der Waals surface area contributed by atoms with Crippen LogP contribution in [0, 0.1) is 0 Å². The van der Waals surface area contributed by atoms with Gasteiger partial charge in [-0.25, -0.2) is 4.68 Å². The lowest BCUT2D eigenvalue weighted by molar-refractivity contribution is -0.113. The number of aromatic nitrogens is 4. The Morgan fingerprint density at radius 2 is 2.08 bits per heavy atom. The Balaban J connectivity index is 1.77. The molecule has 0 saturated carbocycles. The predicted octanol–water partition coefficient (Wildman–Crippen LogP) is 2.31. The maximum atomic E-state index is 13.0. The summed E-state index contributed by atoms with van der Waals surface area (Å²) in [6.45, 7) is 1.82. The highest BCUT2D eigenvalue weighted by atomic mass is 16.3. The standard InChI is InChI=1S/C18H16N6O2/c1-11-15(17(26)23-13-3-2-8-19-9-13)16(12-4-6-14(25)7-5-12)24-18(22-11)20-10-21-24/h2-10,16,25H,1H3,(H,23,26)(H,20,21,22)/t16-/m1/s1. The molecule has 130 valence electrons. The van der Waals surface area contributed by atoms with E-state index in [0.29, 0.717) is 22.9 Å². The van der Waals surface area contributed by atoms with E-state index >= 15 is 0 Å². The number of anilines is 2. The number of allylic oxidation sites excluding steroid dienone is 1. The summed E-state index contributed by atoms with van der Waals surface area (Å²) in [6.07, 6.45) is 4.66. The molecule has 0 radical (unpaired) electrons. The van der Waals surface area contributed by atoms with Crippen molar-refractivity contribution < 1.29 is 9.90 Å². The van der Waals surface area contributed by atoms with Crippen molar-refractivity contribution in [2.45, 2.75) is 13.0 Å². The van der Waals surface area contributed by atoms with Gasteiger partial charge >= 0.3 is 0 Å². The molecule has 0 spiro atoms. The summed E-state index contributed by atoms with van der Waals surface area (Å²) in [4.78, 5) is 21.2. The molecule has 26 heavy (non-hydrogen) atoms. The number of aromatic hydroxyl groups is 1. The van der Waals surface area contributed by atoms with Gasteiger partial charge in [-0.1, -0.05) is 12.1 Å². The average Bonchev–Trinajstić information content (AvgIpc) is 3.10. The Bertz CT molecular complexity index is 978. The topological polar surface area (TPSA) is 105 Å². The minimum Gasteiger partial charge on any atom is -0.508 e. The highest BCUT2D eigenvalue weighted by Gasteiger charge is 2.33. The second-order valence-electron chi connectivity index (χ2n) is 5.88. The molecule has 2 aromatic heterocycles. The number of rotatable bonds is 3. The van der Waals surface area contributed by atoms with Gasteiger partial charge in [0.1, 0.15) is 18.1 Å². The van der Waals surface area contributed by atoms with Crippen LogP contribution in [0.4, 0.5) is 11.6 Å². The van der Waals surface area contributed by atoms with Crippen molar-refractivity contribution in [1.29, 1.82) is 0 Å². The molecule has 1 aliphatic heterocycles. The average molecular weight is 348 g/mol. The van der Waals surface area contributed by atoms with E-state index in [-0.39, 0.29) is 11.7 Å². The fourth-order valence-corrected chi connectivity index (χ4v) is 2.98. The number of phenols is 1. The number of carbonyl (C=O) groups excluding carboxylic acids is 1. The van der Waals surface area contributed by atoms with Gasteiger partial charge in [0.15, 0.2) is 0 Å². The summed E-state index contributed by atoms with van der Waals surface area (Å²) in [5, 5.41) is 19.8. The van der Waals surface area contributed by atoms with Gasteiger partial charge in [0.05, 0.1) is 17.5 Å². The van der Waals surface area contributed by atoms with E-state index in [1.807, 2.05) is 6.92 Å². The van der Waals surface area contributed by atoms with Crippen LogP contribution < -0.4 is 10.6 Å². The molecule has 0 aliphatic carbocycles.